The molecule has 0 bridgehead atoms. The van der Waals surface area contributed by atoms with E-state index in [2.05, 4.69) is 4.98 Å². The Balaban J connectivity index is 2.32. The minimum atomic E-state index is -0.160. The third-order valence-corrected chi connectivity index (χ3v) is 3.14. The first-order valence-electron chi connectivity index (χ1n) is 5.93. The molecule has 0 atom stereocenters. The summed E-state index contributed by atoms with van der Waals surface area (Å²) in [5.41, 5.74) is 2.52. The van der Waals surface area contributed by atoms with Gasteiger partial charge in [-0.05, 0) is 30.3 Å². The van der Waals surface area contributed by atoms with Gasteiger partial charge in [0.15, 0.2) is 0 Å². The zero-order chi connectivity index (χ0) is 13.6. The number of H-pyrrole nitrogens is 1. The van der Waals surface area contributed by atoms with Crippen molar-refractivity contribution in [1.82, 2.24) is 14.3 Å². The number of amides is 1. The summed E-state index contributed by atoms with van der Waals surface area (Å²) in [7, 11) is 3.40. The number of carbonyl (C=O) groups excluding carboxylic acids is 1. The van der Waals surface area contributed by atoms with Gasteiger partial charge in [0.2, 0.25) is 0 Å². The minimum absolute atomic E-state index is 0.0876. The van der Waals surface area contributed by atoms with Crippen LogP contribution in [0.15, 0.2) is 41.3 Å². The van der Waals surface area contributed by atoms with Crippen LogP contribution >= 0.6 is 0 Å². The Bertz CT molecular complexity index is 843. The molecule has 1 amide bonds. The van der Waals surface area contributed by atoms with Crippen LogP contribution in [0.1, 0.15) is 10.4 Å². The fraction of sp³-hybridized carbons (Fsp3) is 0.143. The van der Waals surface area contributed by atoms with Crippen LogP contribution in [0.3, 0.4) is 0 Å². The summed E-state index contributed by atoms with van der Waals surface area (Å²) in [6, 6.07) is 8.90. The maximum absolute atomic E-state index is 11.9. The standard InChI is InChI=1S/C14H13N3O2/c1-16(2)14(19)9-5-6-11-10(8-9)15-13(18)12-4-3-7-17(11)12/h3-8H,1-2H3,(H,15,18). The molecule has 0 aliphatic rings. The lowest BCUT2D eigenvalue weighted by atomic mass is 10.1. The summed E-state index contributed by atoms with van der Waals surface area (Å²) >= 11 is 0. The maximum Gasteiger partial charge on any atom is 0.272 e. The number of aromatic amines is 1. The molecule has 5 nitrogen and oxygen atoms in total. The fourth-order valence-electron chi connectivity index (χ4n) is 2.20. The van der Waals surface area contributed by atoms with E-state index in [1.807, 2.05) is 22.7 Å². The molecule has 0 unspecified atom stereocenters. The van der Waals surface area contributed by atoms with Gasteiger partial charge in [0.25, 0.3) is 11.5 Å². The highest BCUT2D eigenvalue weighted by Crippen LogP contribution is 2.15. The number of rotatable bonds is 1. The molecule has 0 saturated heterocycles. The molecular formula is C14H13N3O2. The van der Waals surface area contributed by atoms with E-state index in [-0.39, 0.29) is 11.5 Å². The molecule has 0 radical (unpaired) electrons. The lowest BCUT2D eigenvalue weighted by molar-refractivity contribution is 0.0828. The number of nitrogens with one attached hydrogen (secondary N) is 1. The molecule has 0 aliphatic carbocycles. The van der Waals surface area contributed by atoms with E-state index in [1.165, 1.54) is 4.90 Å². The molecule has 96 valence electrons. The molecule has 1 aromatic carbocycles. The zero-order valence-corrected chi connectivity index (χ0v) is 10.7. The van der Waals surface area contributed by atoms with Crippen molar-refractivity contribution >= 4 is 22.5 Å². The van der Waals surface area contributed by atoms with Gasteiger partial charge in [0.1, 0.15) is 5.52 Å². The number of benzene rings is 1. The monoisotopic (exact) mass is 255 g/mol. The number of hydrogen-bond acceptors (Lipinski definition) is 2. The van der Waals surface area contributed by atoms with E-state index < -0.39 is 0 Å². The van der Waals surface area contributed by atoms with Gasteiger partial charge in [0, 0.05) is 25.9 Å². The Hall–Kier alpha value is -2.56. The smallest absolute Gasteiger partial charge is 0.272 e. The van der Waals surface area contributed by atoms with Gasteiger partial charge in [-0.15, -0.1) is 0 Å². The van der Waals surface area contributed by atoms with E-state index in [0.29, 0.717) is 16.6 Å². The second-order valence-electron chi connectivity index (χ2n) is 4.65. The number of fused-ring (bicyclic) bond motifs is 3. The van der Waals surface area contributed by atoms with Crippen molar-refractivity contribution in [3.8, 4) is 0 Å². The molecule has 3 rings (SSSR count). The second kappa shape index (κ2) is 3.98. The van der Waals surface area contributed by atoms with Crippen LogP contribution in [0.2, 0.25) is 0 Å². The van der Waals surface area contributed by atoms with Crippen LogP contribution in [0.5, 0.6) is 0 Å². The van der Waals surface area contributed by atoms with Crippen molar-refractivity contribution in [2.45, 2.75) is 0 Å². The number of aromatic nitrogens is 2. The van der Waals surface area contributed by atoms with E-state index in [4.69, 9.17) is 0 Å². The first-order valence-corrected chi connectivity index (χ1v) is 5.93. The van der Waals surface area contributed by atoms with Crippen LogP contribution in [-0.2, 0) is 0 Å². The predicted molar refractivity (Wildman–Crippen MR) is 73.5 cm³/mol. The molecule has 1 N–H and O–H groups in total. The van der Waals surface area contributed by atoms with Crippen LogP contribution in [0, 0.1) is 0 Å². The quantitative estimate of drug-likeness (QED) is 0.716. The fourth-order valence-corrected chi connectivity index (χ4v) is 2.20. The third kappa shape index (κ3) is 1.71. The van der Waals surface area contributed by atoms with E-state index in [1.54, 1.807) is 32.3 Å². The molecule has 2 heterocycles. The Kier molecular flexibility index (Phi) is 2.41. The van der Waals surface area contributed by atoms with Crippen molar-refractivity contribution in [3.05, 3.63) is 52.4 Å². The minimum Gasteiger partial charge on any atom is -0.345 e. The Labute approximate surface area is 109 Å². The highest BCUT2D eigenvalue weighted by molar-refractivity contribution is 5.97. The summed E-state index contributed by atoms with van der Waals surface area (Å²) in [4.78, 5) is 28.1. The highest BCUT2D eigenvalue weighted by atomic mass is 16.2. The summed E-state index contributed by atoms with van der Waals surface area (Å²) < 4.78 is 1.82. The van der Waals surface area contributed by atoms with E-state index >= 15 is 0 Å². The van der Waals surface area contributed by atoms with Crippen molar-refractivity contribution in [2.75, 3.05) is 14.1 Å². The van der Waals surface area contributed by atoms with Crippen molar-refractivity contribution in [1.29, 1.82) is 0 Å². The molecule has 0 saturated carbocycles. The van der Waals surface area contributed by atoms with Gasteiger partial charge in [-0.2, -0.15) is 0 Å². The van der Waals surface area contributed by atoms with Gasteiger partial charge in [0.05, 0.1) is 11.0 Å². The van der Waals surface area contributed by atoms with Crippen LogP contribution in [0.25, 0.3) is 16.6 Å². The largest absolute Gasteiger partial charge is 0.345 e. The van der Waals surface area contributed by atoms with Crippen LogP contribution in [-0.4, -0.2) is 34.3 Å². The average molecular weight is 255 g/mol. The lowest BCUT2D eigenvalue weighted by Crippen LogP contribution is -2.21. The van der Waals surface area contributed by atoms with E-state index in [0.717, 1.165) is 5.52 Å². The third-order valence-electron chi connectivity index (χ3n) is 3.14. The number of nitrogens with zero attached hydrogens (tertiary/aromatic N) is 2. The second-order valence-corrected chi connectivity index (χ2v) is 4.65. The molecule has 0 aliphatic heterocycles. The summed E-state index contributed by atoms with van der Waals surface area (Å²) in [5.74, 6) is -0.0876. The van der Waals surface area contributed by atoms with Gasteiger partial charge in [-0.3, -0.25) is 9.59 Å². The summed E-state index contributed by atoms with van der Waals surface area (Å²) in [6.07, 6.45) is 1.83. The lowest BCUT2D eigenvalue weighted by Gasteiger charge is -2.11. The van der Waals surface area contributed by atoms with Crippen LogP contribution in [0.4, 0.5) is 0 Å². The molecule has 2 aromatic heterocycles. The zero-order valence-electron chi connectivity index (χ0n) is 10.7. The Morgan fingerprint density at radius 1 is 1.21 bits per heavy atom. The SMILES string of the molecule is CN(C)C(=O)c1ccc2c(c1)[nH]c(=O)c1cccn12. The van der Waals surface area contributed by atoms with Gasteiger partial charge >= 0.3 is 0 Å². The van der Waals surface area contributed by atoms with Crippen molar-refractivity contribution in [3.63, 3.8) is 0 Å². The highest BCUT2D eigenvalue weighted by Gasteiger charge is 2.10. The normalized spacial score (nSPS) is 11.1. The molecule has 0 spiro atoms. The molecule has 0 fully saturated rings. The molecule has 3 aromatic rings. The topological polar surface area (TPSA) is 57.6 Å². The molecule has 19 heavy (non-hydrogen) atoms. The van der Waals surface area contributed by atoms with E-state index in [9.17, 15) is 9.59 Å². The maximum atomic E-state index is 11.9. The van der Waals surface area contributed by atoms with Crippen LogP contribution < -0.4 is 5.56 Å². The van der Waals surface area contributed by atoms with Crippen molar-refractivity contribution < 1.29 is 4.79 Å². The Morgan fingerprint density at radius 3 is 2.74 bits per heavy atom. The summed E-state index contributed by atoms with van der Waals surface area (Å²) in [5, 5.41) is 0. The first-order chi connectivity index (χ1) is 9.08. The van der Waals surface area contributed by atoms with Gasteiger partial charge in [-0.25, -0.2) is 0 Å². The van der Waals surface area contributed by atoms with Gasteiger partial charge < -0.3 is 14.3 Å². The van der Waals surface area contributed by atoms with Gasteiger partial charge in [-0.1, -0.05) is 0 Å². The molecular weight excluding hydrogens is 242 g/mol. The first kappa shape index (κ1) is 11.5. The summed E-state index contributed by atoms with van der Waals surface area (Å²) in [6.45, 7) is 0. The average Bonchev–Trinajstić information content (AvgIpc) is 2.87. The Morgan fingerprint density at radius 2 is 2.00 bits per heavy atom. The number of carbonyl (C=O) groups is 1. The predicted octanol–water partition coefficient (Wildman–Crippen LogP) is 1.48. The van der Waals surface area contributed by atoms with Crippen molar-refractivity contribution in [2.24, 2.45) is 0 Å². The molecule has 5 heteroatoms. The number of hydrogen-bond donors (Lipinski definition) is 1.